The van der Waals surface area contributed by atoms with Gasteiger partial charge >= 0.3 is 18.5 Å². The zero-order valence-electron chi connectivity index (χ0n) is 18.1. The lowest BCUT2D eigenvalue weighted by atomic mass is 10.1. The Morgan fingerprint density at radius 3 is 1.21 bits per heavy atom. The van der Waals surface area contributed by atoms with Crippen LogP contribution in [0.15, 0.2) is 24.3 Å². The van der Waals surface area contributed by atoms with E-state index in [9.17, 15) is 61.5 Å². The summed E-state index contributed by atoms with van der Waals surface area (Å²) in [6.07, 6.45) is -17.1. The first kappa shape index (κ1) is 29.4. The summed E-state index contributed by atoms with van der Waals surface area (Å²) in [5.41, 5.74) is -0.762. The van der Waals surface area contributed by atoms with Crippen LogP contribution in [0.2, 0.25) is 0 Å². The molecule has 0 amide bonds. The number of hydrogen-bond acceptors (Lipinski definition) is 4. The van der Waals surface area contributed by atoms with Gasteiger partial charge in [0.1, 0.15) is 34.1 Å². The molecule has 4 nitrogen and oxygen atoms in total. The summed E-state index contributed by atoms with van der Waals surface area (Å²) >= 11 is 0. The van der Waals surface area contributed by atoms with E-state index in [2.05, 4.69) is 9.47 Å². The van der Waals surface area contributed by atoms with Crippen LogP contribution in [0, 0.1) is 29.1 Å². The minimum Gasteiger partial charge on any atom is -0.453 e. The van der Waals surface area contributed by atoms with Gasteiger partial charge < -0.3 is 20.9 Å². The number of rotatable bonds is 4. The highest BCUT2D eigenvalue weighted by atomic mass is 19.4. The van der Waals surface area contributed by atoms with Gasteiger partial charge in [0.05, 0.1) is 11.4 Å². The van der Waals surface area contributed by atoms with Gasteiger partial charge in [-0.05, 0) is 6.07 Å². The Balaban J connectivity index is 2.29. The highest BCUT2D eigenvalue weighted by Gasteiger charge is 2.43. The monoisotopic (exact) mass is 586 g/mol. The molecule has 18 heteroatoms. The minimum absolute atomic E-state index is 0.244. The average molecular weight is 586 g/mol. The van der Waals surface area contributed by atoms with E-state index in [0.717, 1.165) is 0 Å². The van der Waals surface area contributed by atoms with Crippen LogP contribution in [0.3, 0.4) is 0 Å². The Morgan fingerprint density at radius 2 is 0.846 bits per heavy atom. The summed E-state index contributed by atoms with van der Waals surface area (Å²) in [5, 5.41) is 0. The maximum atomic E-state index is 14.5. The molecule has 0 saturated heterocycles. The third kappa shape index (κ3) is 5.68. The summed E-state index contributed by atoms with van der Waals surface area (Å²) < 4.78 is 200. The molecule has 3 rings (SSSR count). The molecule has 3 aromatic rings. The Bertz CT molecular complexity index is 1450. The lowest BCUT2D eigenvalue weighted by molar-refractivity contribution is -0.140. The van der Waals surface area contributed by atoms with Gasteiger partial charge in [-0.15, -0.1) is 0 Å². The molecule has 4 N–H and O–H groups in total. The summed E-state index contributed by atoms with van der Waals surface area (Å²) in [4.78, 5) is 0. The van der Waals surface area contributed by atoms with Crippen molar-refractivity contribution in [1.29, 1.82) is 0 Å². The topological polar surface area (TPSA) is 70.5 Å². The number of anilines is 2. The van der Waals surface area contributed by atoms with E-state index in [1.165, 1.54) is 0 Å². The molecule has 0 aromatic heterocycles. The molecule has 39 heavy (non-hydrogen) atoms. The molecular formula is C21H8F14N2O2. The van der Waals surface area contributed by atoms with Crippen LogP contribution in [0.25, 0.3) is 0 Å². The molecule has 0 fully saturated rings. The van der Waals surface area contributed by atoms with Crippen LogP contribution in [-0.4, -0.2) is 0 Å². The molecule has 0 aliphatic heterocycles. The van der Waals surface area contributed by atoms with E-state index in [0.29, 0.717) is 0 Å². The Hall–Kier alpha value is -4.12. The maximum Gasteiger partial charge on any atom is 0.422 e. The zero-order valence-corrected chi connectivity index (χ0v) is 18.1. The smallest absolute Gasteiger partial charge is 0.422 e. The van der Waals surface area contributed by atoms with Gasteiger partial charge in [0, 0.05) is 18.2 Å². The minimum atomic E-state index is -5.74. The fourth-order valence-electron chi connectivity index (χ4n) is 3.13. The molecular weight excluding hydrogens is 578 g/mol. The lowest BCUT2D eigenvalue weighted by Gasteiger charge is -2.21. The lowest BCUT2D eigenvalue weighted by Crippen LogP contribution is -2.15. The highest BCUT2D eigenvalue weighted by Crippen LogP contribution is 2.49. The van der Waals surface area contributed by atoms with Gasteiger partial charge in [-0.2, -0.15) is 39.5 Å². The molecule has 3 aromatic carbocycles. The normalized spacial score (nSPS) is 12.6. The van der Waals surface area contributed by atoms with Crippen molar-refractivity contribution in [2.24, 2.45) is 0 Å². The molecule has 0 bridgehead atoms. The summed E-state index contributed by atoms with van der Waals surface area (Å²) in [5.74, 6) is -18.4. The first-order chi connectivity index (χ1) is 17.6. The summed E-state index contributed by atoms with van der Waals surface area (Å²) in [6.45, 7) is 0. The van der Waals surface area contributed by atoms with E-state index in [1.807, 2.05) is 0 Å². The van der Waals surface area contributed by atoms with Gasteiger partial charge in [0.25, 0.3) is 0 Å². The van der Waals surface area contributed by atoms with E-state index in [4.69, 9.17) is 11.5 Å². The van der Waals surface area contributed by atoms with E-state index in [1.54, 1.807) is 0 Å². The summed E-state index contributed by atoms with van der Waals surface area (Å²) in [6, 6.07) is -1.40. The van der Waals surface area contributed by atoms with Crippen LogP contribution >= 0.6 is 0 Å². The van der Waals surface area contributed by atoms with Crippen molar-refractivity contribution in [3.8, 4) is 23.0 Å². The van der Waals surface area contributed by atoms with Crippen LogP contribution in [-0.2, 0) is 18.5 Å². The van der Waals surface area contributed by atoms with Crippen LogP contribution in [0.4, 0.5) is 72.8 Å². The molecule has 212 valence electrons. The Morgan fingerprint density at radius 1 is 0.462 bits per heavy atom. The third-order valence-electron chi connectivity index (χ3n) is 4.78. The maximum absolute atomic E-state index is 14.5. The number of nitrogen functional groups attached to an aromatic ring is 2. The van der Waals surface area contributed by atoms with Crippen molar-refractivity contribution < 1.29 is 70.9 Å². The van der Waals surface area contributed by atoms with Crippen molar-refractivity contribution in [3.05, 3.63) is 70.0 Å². The van der Waals surface area contributed by atoms with Crippen LogP contribution < -0.4 is 20.9 Å². The van der Waals surface area contributed by atoms with Gasteiger partial charge in [-0.25, -0.2) is 22.0 Å². The van der Waals surface area contributed by atoms with Gasteiger partial charge in [0.15, 0.2) is 34.7 Å². The quantitative estimate of drug-likeness (QED) is 0.239. The number of hydrogen-bond donors (Lipinski definition) is 2. The van der Waals surface area contributed by atoms with Crippen molar-refractivity contribution in [1.82, 2.24) is 0 Å². The summed E-state index contributed by atoms with van der Waals surface area (Å²) in [7, 11) is 0. The fourth-order valence-corrected chi connectivity index (χ4v) is 3.13. The number of alkyl halides is 9. The first-order valence-corrected chi connectivity index (χ1v) is 9.60. The highest BCUT2D eigenvalue weighted by molar-refractivity contribution is 5.61. The molecule has 0 heterocycles. The largest absolute Gasteiger partial charge is 0.453 e. The number of nitrogens with two attached hydrogens (primary N) is 2. The Labute approximate surface area is 206 Å². The van der Waals surface area contributed by atoms with Gasteiger partial charge in [-0.3, -0.25) is 0 Å². The number of benzene rings is 3. The van der Waals surface area contributed by atoms with E-state index in [-0.39, 0.29) is 18.2 Å². The first-order valence-electron chi connectivity index (χ1n) is 9.60. The predicted octanol–water partition coefficient (Wildman–Crippen LogP) is 8.19. The van der Waals surface area contributed by atoms with E-state index >= 15 is 0 Å². The van der Waals surface area contributed by atoms with Crippen LogP contribution in [0.1, 0.15) is 16.7 Å². The molecule has 0 radical (unpaired) electrons. The van der Waals surface area contributed by atoms with E-state index < -0.39 is 105 Å². The average Bonchev–Trinajstić information content (AvgIpc) is 2.75. The predicted molar refractivity (Wildman–Crippen MR) is 103 cm³/mol. The molecule has 0 aliphatic rings. The molecule has 0 saturated carbocycles. The van der Waals surface area contributed by atoms with Gasteiger partial charge in [0.2, 0.25) is 0 Å². The SMILES string of the molecule is Nc1c(F)cc(F)c(Oc2cc(Oc3c(F)cc(F)c(N)c3C(F)(F)F)c(C(F)(F)F)cc2F)c1C(F)(F)F. The molecule has 0 spiro atoms. The standard InChI is InChI=1S/C21H8F14N2O2/c22-6-1-5(19(27,28)29)11(38-17-9(25)2-7(23)15(36)13(17)20(30,31)32)4-12(6)39-18-10(26)3-8(24)16(37)14(18)21(33,34)35/h1-4H,36-37H2. The fraction of sp³-hybridized carbons (Fsp3) is 0.143. The third-order valence-corrected chi connectivity index (χ3v) is 4.78. The molecule has 0 aliphatic carbocycles. The molecule has 0 unspecified atom stereocenters. The van der Waals surface area contributed by atoms with Crippen molar-refractivity contribution in [2.45, 2.75) is 18.5 Å². The second-order valence-electron chi connectivity index (χ2n) is 7.39. The molecule has 0 atom stereocenters. The van der Waals surface area contributed by atoms with Gasteiger partial charge in [-0.1, -0.05) is 0 Å². The second kappa shape index (κ2) is 9.57. The van der Waals surface area contributed by atoms with Crippen molar-refractivity contribution in [3.63, 3.8) is 0 Å². The van der Waals surface area contributed by atoms with Crippen molar-refractivity contribution >= 4 is 11.4 Å². The zero-order chi connectivity index (χ0) is 29.8. The second-order valence-corrected chi connectivity index (χ2v) is 7.39. The number of halogens is 14. The Kier molecular flexibility index (Phi) is 7.22. The van der Waals surface area contributed by atoms with Crippen LogP contribution in [0.5, 0.6) is 23.0 Å². The number of ether oxygens (including phenoxy) is 2. The van der Waals surface area contributed by atoms with Crippen molar-refractivity contribution in [2.75, 3.05) is 11.5 Å².